The SMILES string of the molecule is O=C(C1C=C(c2ccncc2)SC1Cl)N1CCCCC1. The van der Waals surface area contributed by atoms with Gasteiger partial charge < -0.3 is 4.90 Å². The number of likely N-dealkylation sites (tertiary alicyclic amines) is 1. The van der Waals surface area contributed by atoms with Crippen molar-refractivity contribution < 1.29 is 4.79 Å². The van der Waals surface area contributed by atoms with E-state index in [1.165, 1.54) is 6.42 Å². The summed E-state index contributed by atoms with van der Waals surface area (Å²) in [5.74, 6) is -0.0239. The first-order chi connectivity index (χ1) is 9.75. The number of alkyl halides is 1. The highest BCUT2D eigenvalue weighted by molar-refractivity contribution is 8.10. The minimum Gasteiger partial charge on any atom is -0.342 e. The van der Waals surface area contributed by atoms with Gasteiger partial charge in [-0.2, -0.15) is 0 Å². The van der Waals surface area contributed by atoms with Crippen LogP contribution in [0.3, 0.4) is 0 Å². The molecular formula is C15H17ClN2OS. The van der Waals surface area contributed by atoms with Crippen LogP contribution < -0.4 is 0 Å². The number of halogens is 1. The van der Waals surface area contributed by atoms with Gasteiger partial charge in [0.05, 0.1) is 10.6 Å². The van der Waals surface area contributed by atoms with Crippen LogP contribution >= 0.6 is 23.4 Å². The van der Waals surface area contributed by atoms with Gasteiger partial charge in [-0.05, 0) is 37.0 Å². The molecule has 1 aromatic heterocycles. The average molecular weight is 309 g/mol. The van der Waals surface area contributed by atoms with E-state index in [4.69, 9.17) is 11.6 Å². The molecule has 106 valence electrons. The van der Waals surface area contributed by atoms with Gasteiger partial charge in [0.15, 0.2) is 0 Å². The zero-order chi connectivity index (χ0) is 13.9. The lowest BCUT2D eigenvalue weighted by molar-refractivity contribution is -0.134. The van der Waals surface area contributed by atoms with Gasteiger partial charge in [0, 0.05) is 30.4 Å². The zero-order valence-corrected chi connectivity index (χ0v) is 12.7. The summed E-state index contributed by atoms with van der Waals surface area (Å²) < 4.78 is -0.201. The van der Waals surface area contributed by atoms with Gasteiger partial charge in [-0.1, -0.05) is 6.08 Å². The Kier molecular flexibility index (Phi) is 4.32. The normalized spacial score (nSPS) is 26.4. The number of hydrogen-bond donors (Lipinski definition) is 0. The molecule has 2 unspecified atom stereocenters. The van der Waals surface area contributed by atoms with E-state index in [0.29, 0.717) is 0 Å². The molecule has 1 amide bonds. The van der Waals surface area contributed by atoms with Gasteiger partial charge in [0.2, 0.25) is 5.91 Å². The van der Waals surface area contributed by atoms with Crippen LogP contribution in [0.25, 0.3) is 4.91 Å². The highest BCUT2D eigenvalue weighted by atomic mass is 35.5. The fourth-order valence-corrected chi connectivity index (χ4v) is 4.21. The Morgan fingerprint density at radius 1 is 1.25 bits per heavy atom. The summed E-state index contributed by atoms with van der Waals surface area (Å²) in [6, 6.07) is 3.91. The number of carbonyl (C=O) groups excluding carboxylic acids is 1. The van der Waals surface area contributed by atoms with Crippen molar-refractivity contribution in [3.05, 3.63) is 36.2 Å². The maximum absolute atomic E-state index is 12.6. The molecule has 1 aromatic rings. The van der Waals surface area contributed by atoms with Gasteiger partial charge in [0.25, 0.3) is 0 Å². The number of amides is 1. The molecule has 3 nitrogen and oxygen atoms in total. The van der Waals surface area contributed by atoms with Gasteiger partial charge in [-0.25, -0.2) is 0 Å². The first kappa shape index (κ1) is 14.0. The lowest BCUT2D eigenvalue weighted by atomic mass is 10.1. The Hall–Kier alpha value is -1.000. The van der Waals surface area contributed by atoms with Crippen molar-refractivity contribution in [1.82, 2.24) is 9.88 Å². The quantitative estimate of drug-likeness (QED) is 0.785. The largest absolute Gasteiger partial charge is 0.342 e. The molecule has 0 spiro atoms. The van der Waals surface area contributed by atoms with Crippen LogP contribution in [0.15, 0.2) is 30.6 Å². The highest BCUT2D eigenvalue weighted by Gasteiger charge is 2.35. The summed E-state index contributed by atoms with van der Waals surface area (Å²) in [5.41, 5.74) is 1.09. The Balaban J connectivity index is 1.76. The van der Waals surface area contributed by atoms with Crippen LogP contribution in [-0.4, -0.2) is 33.6 Å². The Labute approximate surface area is 128 Å². The van der Waals surface area contributed by atoms with Gasteiger partial charge in [-0.3, -0.25) is 9.78 Å². The van der Waals surface area contributed by atoms with Crippen LogP contribution in [0.2, 0.25) is 0 Å². The molecule has 20 heavy (non-hydrogen) atoms. The molecule has 0 bridgehead atoms. The third-order valence-electron chi connectivity index (χ3n) is 3.77. The smallest absolute Gasteiger partial charge is 0.231 e. The van der Waals surface area contributed by atoms with Crippen molar-refractivity contribution in [2.24, 2.45) is 5.92 Å². The number of thioether (sulfide) groups is 1. The fraction of sp³-hybridized carbons (Fsp3) is 0.467. The summed E-state index contributed by atoms with van der Waals surface area (Å²) in [4.78, 5) is 19.6. The van der Waals surface area contributed by atoms with E-state index in [0.717, 1.165) is 36.4 Å². The number of carbonyl (C=O) groups is 1. The molecular weight excluding hydrogens is 292 g/mol. The standard InChI is InChI=1S/C15H17ClN2OS/c16-14-12(15(19)18-8-2-1-3-9-18)10-13(20-14)11-4-6-17-7-5-11/h4-7,10,12,14H,1-3,8-9H2. The Bertz CT molecular complexity index is 514. The minimum absolute atomic E-state index is 0.182. The van der Waals surface area contributed by atoms with Crippen LogP contribution in [0.1, 0.15) is 24.8 Å². The molecule has 3 heterocycles. The number of pyridine rings is 1. The van der Waals surface area contributed by atoms with Crippen molar-refractivity contribution in [1.29, 1.82) is 0 Å². The average Bonchev–Trinajstić information content (AvgIpc) is 2.90. The molecule has 0 aliphatic carbocycles. The topological polar surface area (TPSA) is 33.2 Å². The van der Waals surface area contributed by atoms with E-state index in [9.17, 15) is 4.79 Å². The van der Waals surface area contributed by atoms with E-state index in [2.05, 4.69) is 4.98 Å². The Morgan fingerprint density at radius 3 is 2.65 bits per heavy atom. The van der Waals surface area contributed by atoms with Gasteiger partial charge in [0.1, 0.15) is 0 Å². The first-order valence-electron chi connectivity index (χ1n) is 6.97. The summed E-state index contributed by atoms with van der Waals surface area (Å²) in [5, 5.41) is 0. The number of piperidine rings is 1. The number of nitrogens with zero attached hydrogens (tertiary/aromatic N) is 2. The van der Waals surface area contributed by atoms with E-state index >= 15 is 0 Å². The second-order valence-electron chi connectivity index (χ2n) is 5.15. The first-order valence-corrected chi connectivity index (χ1v) is 8.29. The second-order valence-corrected chi connectivity index (χ2v) is 7.06. The van der Waals surface area contributed by atoms with Gasteiger partial charge >= 0.3 is 0 Å². The number of aromatic nitrogens is 1. The minimum atomic E-state index is -0.206. The van der Waals surface area contributed by atoms with E-state index in [-0.39, 0.29) is 16.5 Å². The second kappa shape index (κ2) is 6.19. The molecule has 2 aliphatic heterocycles. The van der Waals surface area contributed by atoms with Crippen molar-refractivity contribution in [2.45, 2.75) is 24.0 Å². The van der Waals surface area contributed by atoms with E-state index < -0.39 is 0 Å². The van der Waals surface area contributed by atoms with Crippen molar-refractivity contribution in [2.75, 3.05) is 13.1 Å². The monoisotopic (exact) mass is 308 g/mol. The van der Waals surface area contributed by atoms with Crippen LogP contribution in [0, 0.1) is 5.92 Å². The van der Waals surface area contributed by atoms with E-state index in [1.807, 2.05) is 23.1 Å². The van der Waals surface area contributed by atoms with Crippen molar-refractivity contribution in [3.8, 4) is 0 Å². The third kappa shape index (κ3) is 2.86. The van der Waals surface area contributed by atoms with E-state index in [1.54, 1.807) is 24.2 Å². The summed E-state index contributed by atoms with van der Waals surface area (Å²) in [6.07, 6.45) is 9.00. The zero-order valence-electron chi connectivity index (χ0n) is 11.2. The lowest BCUT2D eigenvalue weighted by Crippen LogP contribution is -2.40. The predicted octanol–water partition coefficient (Wildman–Crippen LogP) is 3.36. The third-order valence-corrected chi connectivity index (χ3v) is 5.45. The lowest BCUT2D eigenvalue weighted by Gasteiger charge is -2.29. The molecule has 5 heteroatoms. The molecule has 1 fully saturated rings. The maximum Gasteiger partial charge on any atom is 0.231 e. The molecule has 0 aromatic carbocycles. The predicted molar refractivity (Wildman–Crippen MR) is 83.4 cm³/mol. The van der Waals surface area contributed by atoms with Gasteiger partial charge in [-0.15, -0.1) is 23.4 Å². The molecule has 0 N–H and O–H groups in total. The number of hydrogen-bond acceptors (Lipinski definition) is 3. The summed E-state index contributed by atoms with van der Waals surface area (Å²) in [7, 11) is 0. The summed E-state index contributed by atoms with van der Waals surface area (Å²) in [6.45, 7) is 1.75. The Morgan fingerprint density at radius 2 is 1.95 bits per heavy atom. The maximum atomic E-state index is 12.6. The van der Waals surface area contributed by atoms with Crippen molar-refractivity contribution >= 4 is 34.2 Å². The van der Waals surface area contributed by atoms with Crippen LogP contribution in [0.4, 0.5) is 0 Å². The highest BCUT2D eigenvalue weighted by Crippen LogP contribution is 2.45. The molecule has 2 atom stereocenters. The molecule has 1 saturated heterocycles. The van der Waals surface area contributed by atoms with Crippen molar-refractivity contribution in [3.63, 3.8) is 0 Å². The molecule has 2 aliphatic rings. The summed E-state index contributed by atoms with van der Waals surface area (Å²) >= 11 is 7.96. The molecule has 3 rings (SSSR count). The van der Waals surface area contributed by atoms with Crippen LogP contribution in [-0.2, 0) is 4.79 Å². The molecule has 0 radical (unpaired) electrons. The number of rotatable bonds is 2. The molecule has 0 saturated carbocycles. The fourth-order valence-electron chi connectivity index (χ4n) is 2.66. The van der Waals surface area contributed by atoms with Crippen LogP contribution in [0.5, 0.6) is 0 Å².